The summed E-state index contributed by atoms with van der Waals surface area (Å²) in [5, 5.41) is 5.83. The van der Waals surface area contributed by atoms with E-state index in [4.69, 9.17) is 9.47 Å². The van der Waals surface area contributed by atoms with E-state index in [-0.39, 0.29) is 5.91 Å². The second kappa shape index (κ2) is 8.44. The highest BCUT2D eigenvalue weighted by Gasteiger charge is 2.10. The third-order valence-corrected chi connectivity index (χ3v) is 4.68. The first-order chi connectivity index (χ1) is 12.7. The Bertz CT molecular complexity index is 858. The molecule has 2 aromatic heterocycles. The summed E-state index contributed by atoms with van der Waals surface area (Å²) in [5.74, 6) is 0.982. The summed E-state index contributed by atoms with van der Waals surface area (Å²) in [6.07, 6.45) is 4.19. The van der Waals surface area contributed by atoms with Crippen LogP contribution in [-0.2, 0) is 6.42 Å². The second-order valence-electron chi connectivity index (χ2n) is 5.49. The number of pyridine rings is 1. The van der Waals surface area contributed by atoms with Crippen molar-refractivity contribution < 1.29 is 14.3 Å². The highest BCUT2D eigenvalue weighted by molar-refractivity contribution is 7.13. The number of hydrogen-bond donors (Lipinski definition) is 1. The molecule has 1 N–H and O–H groups in total. The normalized spacial score (nSPS) is 10.4. The predicted octanol–water partition coefficient (Wildman–Crippen LogP) is 3.19. The standard InChI is InChI=1S/C19H19N3O3S/c1-24-16-8-14(9-17(10-16)25-2)18(23)21-7-5-15-12-26-19(22-15)13-4-3-6-20-11-13/h3-4,6,8-12H,5,7H2,1-2H3,(H,21,23). The summed E-state index contributed by atoms with van der Waals surface area (Å²) >= 11 is 1.57. The van der Waals surface area contributed by atoms with Gasteiger partial charge in [-0.25, -0.2) is 4.98 Å². The molecule has 0 aliphatic carbocycles. The molecule has 0 aliphatic heterocycles. The predicted molar refractivity (Wildman–Crippen MR) is 101 cm³/mol. The number of rotatable bonds is 7. The van der Waals surface area contributed by atoms with Gasteiger partial charge in [0.2, 0.25) is 0 Å². The van der Waals surface area contributed by atoms with Crippen LogP contribution in [0.2, 0.25) is 0 Å². The van der Waals surface area contributed by atoms with Gasteiger partial charge in [-0.15, -0.1) is 11.3 Å². The molecule has 7 heteroatoms. The maximum absolute atomic E-state index is 12.3. The SMILES string of the molecule is COc1cc(OC)cc(C(=O)NCCc2csc(-c3cccnc3)n2)c1. The van der Waals surface area contributed by atoms with Crippen LogP contribution in [0.3, 0.4) is 0 Å². The fraction of sp³-hybridized carbons (Fsp3) is 0.211. The molecule has 0 bridgehead atoms. The lowest BCUT2D eigenvalue weighted by Gasteiger charge is -2.09. The molecule has 0 unspecified atom stereocenters. The van der Waals surface area contributed by atoms with Gasteiger partial charge in [0.1, 0.15) is 16.5 Å². The summed E-state index contributed by atoms with van der Waals surface area (Å²) < 4.78 is 10.4. The first kappa shape index (κ1) is 17.9. The molecule has 0 saturated carbocycles. The van der Waals surface area contributed by atoms with Crippen LogP contribution in [0, 0.1) is 0 Å². The van der Waals surface area contributed by atoms with Gasteiger partial charge >= 0.3 is 0 Å². The number of amides is 1. The highest BCUT2D eigenvalue weighted by Crippen LogP contribution is 2.23. The maximum Gasteiger partial charge on any atom is 0.251 e. The van der Waals surface area contributed by atoms with Crippen molar-refractivity contribution in [3.8, 4) is 22.1 Å². The van der Waals surface area contributed by atoms with E-state index in [2.05, 4.69) is 15.3 Å². The molecule has 0 aliphatic rings. The fourth-order valence-electron chi connectivity index (χ4n) is 2.39. The largest absolute Gasteiger partial charge is 0.497 e. The van der Waals surface area contributed by atoms with Crippen LogP contribution in [0.25, 0.3) is 10.6 Å². The lowest BCUT2D eigenvalue weighted by Crippen LogP contribution is -2.25. The van der Waals surface area contributed by atoms with Gasteiger partial charge in [-0.05, 0) is 24.3 Å². The molecule has 1 aromatic carbocycles. The van der Waals surface area contributed by atoms with Crippen LogP contribution in [0.5, 0.6) is 11.5 Å². The minimum Gasteiger partial charge on any atom is -0.497 e. The van der Waals surface area contributed by atoms with E-state index in [1.807, 2.05) is 17.5 Å². The fourth-order valence-corrected chi connectivity index (χ4v) is 3.23. The second-order valence-corrected chi connectivity index (χ2v) is 6.35. The summed E-state index contributed by atoms with van der Waals surface area (Å²) in [5.41, 5.74) is 2.43. The molecule has 1 amide bonds. The van der Waals surface area contributed by atoms with Crippen LogP contribution in [0.4, 0.5) is 0 Å². The Balaban J connectivity index is 1.58. The minimum atomic E-state index is -0.176. The summed E-state index contributed by atoms with van der Waals surface area (Å²) in [7, 11) is 3.11. The molecule has 134 valence electrons. The van der Waals surface area contributed by atoms with Gasteiger partial charge < -0.3 is 14.8 Å². The van der Waals surface area contributed by atoms with Crippen molar-refractivity contribution in [2.24, 2.45) is 0 Å². The van der Waals surface area contributed by atoms with Crippen LogP contribution in [0.1, 0.15) is 16.1 Å². The van der Waals surface area contributed by atoms with Crippen LogP contribution >= 0.6 is 11.3 Å². The smallest absolute Gasteiger partial charge is 0.251 e. The summed E-state index contributed by atoms with van der Waals surface area (Å²) in [6.45, 7) is 0.495. The monoisotopic (exact) mass is 369 g/mol. The molecule has 26 heavy (non-hydrogen) atoms. The Kier molecular flexibility index (Phi) is 5.80. The van der Waals surface area contributed by atoms with E-state index in [9.17, 15) is 4.79 Å². The number of benzene rings is 1. The Hall–Kier alpha value is -2.93. The number of methoxy groups -OCH3 is 2. The zero-order chi connectivity index (χ0) is 18.4. The number of aromatic nitrogens is 2. The van der Waals surface area contributed by atoms with Crippen LogP contribution < -0.4 is 14.8 Å². The van der Waals surface area contributed by atoms with Gasteiger partial charge in [0.05, 0.1) is 19.9 Å². The molecular weight excluding hydrogens is 350 g/mol. The molecule has 0 radical (unpaired) electrons. The maximum atomic E-state index is 12.3. The Morgan fingerprint density at radius 1 is 1.19 bits per heavy atom. The van der Waals surface area contributed by atoms with Crippen LogP contribution in [-0.4, -0.2) is 36.6 Å². The average molecular weight is 369 g/mol. The summed E-state index contributed by atoms with van der Waals surface area (Å²) in [4.78, 5) is 21.0. The van der Waals surface area contributed by atoms with E-state index in [1.54, 1.807) is 56.1 Å². The molecule has 0 spiro atoms. The quantitative estimate of drug-likeness (QED) is 0.692. The van der Waals surface area contributed by atoms with E-state index in [0.717, 1.165) is 16.3 Å². The molecule has 3 aromatic rings. The average Bonchev–Trinajstić information content (AvgIpc) is 3.17. The number of thiazole rings is 1. The molecular formula is C19H19N3O3S. The number of hydrogen-bond acceptors (Lipinski definition) is 6. The van der Waals surface area contributed by atoms with Crippen molar-refractivity contribution in [3.63, 3.8) is 0 Å². The first-order valence-corrected chi connectivity index (χ1v) is 8.93. The van der Waals surface area contributed by atoms with Gasteiger partial charge in [0, 0.05) is 47.9 Å². The van der Waals surface area contributed by atoms with Crippen molar-refractivity contribution in [3.05, 3.63) is 59.4 Å². The molecule has 3 rings (SSSR count). The molecule has 0 saturated heterocycles. The Morgan fingerprint density at radius 2 is 1.96 bits per heavy atom. The van der Waals surface area contributed by atoms with Crippen molar-refractivity contribution in [2.45, 2.75) is 6.42 Å². The van der Waals surface area contributed by atoms with Gasteiger partial charge in [0.15, 0.2) is 0 Å². The van der Waals surface area contributed by atoms with Gasteiger partial charge in [-0.2, -0.15) is 0 Å². The zero-order valence-corrected chi connectivity index (χ0v) is 15.4. The Morgan fingerprint density at radius 3 is 2.62 bits per heavy atom. The van der Waals surface area contributed by atoms with E-state index in [1.165, 1.54) is 0 Å². The van der Waals surface area contributed by atoms with E-state index >= 15 is 0 Å². The van der Waals surface area contributed by atoms with Gasteiger partial charge in [0.25, 0.3) is 5.91 Å². The number of ether oxygens (including phenoxy) is 2. The van der Waals surface area contributed by atoms with Crippen molar-refractivity contribution in [1.82, 2.24) is 15.3 Å². The number of nitrogens with one attached hydrogen (secondary N) is 1. The number of nitrogens with zero attached hydrogens (tertiary/aromatic N) is 2. The van der Waals surface area contributed by atoms with Crippen molar-refractivity contribution in [2.75, 3.05) is 20.8 Å². The minimum absolute atomic E-state index is 0.176. The van der Waals surface area contributed by atoms with E-state index < -0.39 is 0 Å². The Labute approximate surface area is 155 Å². The van der Waals surface area contributed by atoms with E-state index in [0.29, 0.717) is 30.0 Å². The lowest BCUT2D eigenvalue weighted by atomic mass is 10.2. The molecule has 6 nitrogen and oxygen atoms in total. The van der Waals surface area contributed by atoms with Crippen LogP contribution in [0.15, 0.2) is 48.1 Å². The third kappa shape index (κ3) is 4.37. The molecule has 0 atom stereocenters. The first-order valence-electron chi connectivity index (χ1n) is 8.05. The number of carbonyl (C=O) groups is 1. The topological polar surface area (TPSA) is 73.3 Å². The lowest BCUT2D eigenvalue weighted by molar-refractivity contribution is 0.0953. The van der Waals surface area contributed by atoms with Crippen molar-refractivity contribution in [1.29, 1.82) is 0 Å². The molecule has 2 heterocycles. The summed E-state index contributed by atoms with van der Waals surface area (Å²) in [6, 6.07) is 8.96. The molecule has 0 fully saturated rings. The van der Waals surface area contributed by atoms with Gasteiger partial charge in [-0.3, -0.25) is 9.78 Å². The zero-order valence-electron chi connectivity index (χ0n) is 14.6. The van der Waals surface area contributed by atoms with Gasteiger partial charge in [-0.1, -0.05) is 0 Å². The van der Waals surface area contributed by atoms with Crippen molar-refractivity contribution >= 4 is 17.2 Å². The third-order valence-electron chi connectivity index (χ3n) is 3.74. The highest BCUT2D eigenvalue weighted by atomic mass is 32.1. The number of carbonyl (C=O) groups excluding carboxylic acids is 1.